The number of hydrogen-bond donors (Lipinski definition) is 1. The third kappa shape index (κ3) is 3.29. The van der Waals surface area contributed by atoms with Gasteiger partial charge in [-0.05, 0) is 36.6 Å². The van der Waals surface area contributed by atoms with Gasteiger partial charge in [0.1, 0.15) is 5.82 Å². The zero-order valence-electron chi connectivity index (χ0n) is 10.2. The van der Waals surface area contributed by atoms with E-state index in [-0.39, 0.29) is 5.82 Å². The standard InChI is InChI=1S/C14H19BrFN/c1-2-17-14(8-10-4-3-5-10)12-7-6-11(16)9-13(12)15/h6-7,9-10,14,17H,2-5,8H2,1H3. The van der Waals surface area contributed by atoms with Gasteiger partial charge in [-0.2, -0.15) is 0 Å². The van der Waals surface area contributed by atoms with Gasteiger partial charge in [0.2, 0.25) is 0 Å². The zero-order chi connectivity index (χ0) is 12.3. The minimum absolute atomic E-state index is 0.181. The molecular formula is C14H19BrFN. The predicted octanol–water partition coefficient (Wildman–Crippen LogP) is 4.43. The topological polar surface area (TPSA) is 12.0 Å². The van der Waals surface area contributed by atoms with Gasteiger partial charge in [-0.15, -0.1) is 0 Å². The number of benzene rings is 1. The van der Waals surface area contributed by atoms with Crippen LogP contribution in [0.3, 0.4) is 0 Å². The van der Waals surface area contributed by atoms with E-state index in [1.807, 2.05) is 6.07 Å². The Labute approximate surface area is 111 Å². The van der Waals surface area contributed by atoms with Crippen molar-refractivity contribution in [1.29, 1.82) is 0 Å². The van der Waals surface area contributed by atoms with Crippen LogP contribution in [0, 0.1) is 11.7 Å². The van der Waals surface area contributed by atoms with Gasteiger partial charge in [0, 0.05) is 10.5 Å². The van der Waals surface area contributed by atoms with E-state index < -0.39 is 0 Å². The molecule has 1 aliphatic rings. The summed E-state index contributed by atoms with van der Waals surface area (Å²) in [6, 6.07) is 5.34. The van der Waals surface area contributed by atoms with E-state index in [0.717, 1.165) is 23.4 Å². The smallest absolute Gasteiger partial charge is 0.124 e. The van der Waals surface area contributed by atoms with E-state index in [4.69, 9.17) is 0 Å². The van der Waals surface area contributed by atoms with Crippen molar-refractivity contribution >= 4 is 15.9 Å². The molecule has 1 N–H and O–H groups in total. The van der Waals surface area contributed by atoms with Crippen LogP contribution in [0.4, 0.5) is 4.39 Å². The summed E-state index contributed by atoms with van der Waals surface area (Å²) in [7, 11) is 0. The number of hydrogen-bond acceptors (Lipinski definition) is 1. The summed E-state index contributed by atoms with van der Waals surface area (Å²) < 4.78 is 14.0. The van der Waals surface area contributed by atoms with Crippen LogP contribution in [0.2, 0.25) is 0 Å². The van der Waals surface area contributed by atoms with Crippen LogP contribution in [-0.4, -0.2) is 6.54 Å². The van der Waals surface area contributed by atoms with Crippen LogP contribution < -0.4 is 5.32 Å². The van der Waals surface area contributed by atoms with Crippen molar-refractivity contribution in [2.24, 2.45) is 5.92 Å². The van der Waals surface area contributed by atoms with Gasteiger partial charge in [0.25, 0.3) is 0 Å². The van der Waals surface area contributed by atoms with Crippen molar-refractivity contribution in [3.63, 3.8) is 0 Å². The van der Waals surface area contributed by atoms with Gasteiger partial charge < -0.3 is 5.32 Å². The maximum Gasteiger partial charge on any atom is 0.124 e. The van der Waals surface area contributed by atoms with Crippen molar-refractivity contribution in [3.05, 3.63) is 34.1 Å². The summed E-state index contributed by atoms with van der Waals surface area (Å²) in [6.45, 7) is 3.06. The lowest BCUT2D eigenvalue weighted by Gasteiger charge is -2.30. The van der Waals surface area contributed by atoms with E-state index in [1.54, 1.807) is 12.1 Å². The Balaban J connectivity index is 2.12. The second kappa shape index (κ2) is 5.96. The highest BCUT2D eigenvalue weighted by molar-refractivity contribution is 9.10. The average molecular weight is 300 g/mol. The molecule has 17 heavy (non-hydrogen) atoms. The van der Waals surface area contributed by atoms with Gasteiger partial charge in [-0.25, -0.2) is 4.39 Å². The fraction of sp³-hybridized carbons (Fsp3) is 0.571. The minimum Gasteiger partial charge on any atom is -0.310 e. The fourth-order valence-corrected chi connectivity index (χ4v) is 3.04. The van der Waals surface area contributed by atoms with Crippen molar-refractivity contribution in [2.45, 2.75) is 38.6 Å². The van der Waals surface area contributed by atoms with Crippen molar-refractivity contribution in [1.82, 2.24) is 5.32 Å². The van der Waals surface area contributed by atoms with Crippen LogP contribution in [-0.2, 0) is 0 Å². The number of nitrogens with one attached hydrogen (secondary N) is 1. The highest BCUT2D eigenvalue weighted by Crippen LogP contribution is 2.36. The molecule has 0 saturated heterocycles. The Kier molecular flexibility index (Phi) is 4.57. The molecule has 3 heteroatoms. The molecule has 1 aliphatic carbocycles. The molecular weight excluding hydrogens is 281 g/mol. The van der Waals surface area contributed by atoms with Crippen LogP contribution in [0.25, 0.3) is 0 Å². The maximum atomic E-state index is 13.1. The second-order valence-electron chi connectivity index (χ2n) is 4.81. The molecule has 1 aromatic carbocycles. The van der Waals surface area contributed by atoms with Gasteiger partial charge >= 0.3 is 0 Å². The molecule has 1 unspecified atom stereocenters. The largest absolute Gasteiger partial charge is 0.310 e. The molecule has 2 rings (SSSR count). The molecule has 0 radical (unpaired) electrons. The number of rotatable bonds is 5. The third-order valence-corrected chi connectivity index (χ3v) is 4.27. The van der Waals surface area contributed by atoms with E-state index in [0.29, 0.717) is 6.04 Å². The maximum absolute atomic E-state index is 13.1. The van der Waals surface area contributed by atoms with Crippen molar-refractivity contribution in [2.75, 3.05) is 6.54 Å². The molecule has 0 amide bonds. The first-order valence-corrected chi connectivity index (χ1v) is 7.18. The van der Waals surface area contributed by atoms with Crippen molar-refractivity contribution in [3.8, 4) is 0 Å². The summed E-state index contributed by atoms with van der Waals surface area (Å²) in [5.74, 6) is 0.663. The van der Waals surface area contributed by atoms with E-state index >= 15 is 0 Å². The Morgan fingerprint density at radius 2 is 2.24 bits per heavy atom. The lowest BCUT2D eigenvalue weighted by Crippen LogP contribution is -2.26. The van der Waals surface area contributed by atoms with Gasteiger partial charge in [-0.1, -0.05) is 48.2 Å². The molecule has 1 atom stereocenters. The summed E-state index contributed by atoms with van der Waals surface area (Å²) in [5.41, 5.74) is 1.18. The van der Waals surface area contributed by atoms with E-state index in [9.17, 15) is 4.39 Å². The van der Waals surface area contributed by atoms with E-state index in [1.165, 1.54) is 24.8 Å². The first kappa shape index (κ1) is 13.0. The SMILES string of the molecule is CCNC(CC1CCC1)c1ccc(F)cc1Br. The molecule has 0 spiro atoms. The third-order valence-electron chi connectivity index (χ3n) is 3.58. The number of halogens is 2. The molecule has 0 aromatic heterocycles. The highest BCUT2D eigenvalue weighted by Gasteiger charge is 2.23. The van der Waals surface area contributed by atoms with Gasteiger partial charge in [0.05, 0.1) is 0 Å². The first-order valence-electron chi connectivity index (χ1n) is 6.39. The van der Waals surface area contributed by atoms with Gasteiger partial charge in [0.15, 0.2) is 0 Å². The Morgan fingerprint density at radius 1 is 1.47 bits per heavy atom. The fourth-order valence-electron chi connectivity index (χ4n) is 2.41. The van der Waals surface area contributed by atoms with Crippen LogP contribution in [0.5, 0.6) is 0 Å². The van der Waals surface area contributed by atoms with Crippen LogP contribution >= 0.6 is 15.9 Å². The second-order valence-corrected chi connectivity index (χ2v) is 5.66. The molecule has 0 aliphatic heterocycles. The molecule has 1 saturated carbocycles. The Hall–Kier alpha value is -0.410. The summed E-state index contributed by atoms with van der Waals surface area (Å²) in [6.07, 6.45) is 5.23. The molecule has 1 nitrogen and oxygen atoms in total. The quantitative estimate of drug-likeness (QED) is 0.848. The van der Waals surface area contributed by atoms with E-state index in [2.05, 4.69) is 28.2 Å². The Morgan fingerprint density at radius 3 is 2.76 bits per heavy atom. The summed E-state index contributed by atoms with van der Waals surface area (Å²) in [5, 5.41) is 3.51. The first-order chi connectivity index (χ1) is 8.20. The van der Waals surface area contributed by atoms with Crippen LogP contribution in [0.15, 0.2) is 22.7 Å². The summed E-state index contributed by atoms with van der Waals surface area (Å²) >= 11 is 3.47. The summed E-state index contributed by atoms with van der Waals surface area (Å²) in [4.78, 5) is 0. The monoisotopic (exact) mass is 299 g/mol. The minimum atomic E-state index is -0.181. The van der Waals surface area contributed by atoms with Crippen LogP contribution in [0.1, 0.15) is 44.2 Å². The van der Waals surface area contributed by atoms with Gasteiger partial charge in [-0.3, -0.25) is 0 Å². The predicted molar refractivity (Wildman–Crippen MR) is 72.5 cm³/mol. The molecule has 94 valence electrons. The Bertz CT molecular complexity index is 376. The molecule has 0 bridgehead atoms. The highest BCUT2D eigenvalue weighted by atomic mass is 79.9. The lowest BCUT2D eigenvalue weighted by molar-refractivity contribution is 0.262. The average Bonchev–Trinajstić information content (AvgIpc) is 2.22. The normalized spacial score (nSPS) is 17.8. The molecule has 1 aromatic rings. The zero-order valence-corrected chi connectivity index (χ0v) is 11.8. The molecule has 0 heterocycles. The lowest BCUT2D eigenvalue weighted by atomic mass is 9.79. The van der Waals surface area contributed by atoms with Crippen molar-refractivity contribution < 1.29 is 4.39 Å². The molecule has 1 fully saturated rings.